The monoisotopic (exact) mass is 363 g/mol. The maximum Gasteiger partial charge on any atom is 0.261 e. The molecule has 5 nitrogen and oxygen atoms in total. The third-order valence-electron chi connectivity index (χ3n) is 3.76. The predicted octanol–water partition coefficient (Wildman–Crippen LogP) is 4.00. The Hall–Kier alpha value is -2.40. The van der Waals surface area contributed by atoms with E-state index in [2.05, 4.69) is 5.32 Å². The van der Waals surface area contributed by atoms with Gasteiger partial charge in [0, 0.05) is 10.6 Å². The number of ether oxygens (including phenoxy) is 3. The minimum Gasteiger partial charge on any atom is -0.497 e. The summed E-state index contributed by atoms with van der Waals surface area (Å²) in [5.41, 5.74) is 0.828. The Morgan fingerprint density at radius 3 is 2.24 bits per heavy atom. The van der Waals surface area contributed by atoms with Gasteiger partial charge in [0.15, 0.2) is 6.10 Å². The maximum atomic E-state index is 12.4. The summed E-state index contributed by atoms with van der Waals surface area (Å²) in [4.78, 5) is 12.4. The molecule has 0 heterocycles. The lowest BCUT2D eigenvalue weighted by atomic mass is 10.1. The summed E-state index contributed by atoms with van der Waals surface area (Å²) >= 11 is 5.84. The van der Waals surface area contributed by atoms with Crippen LogP contribution in [0.15, 0.2) is 42.5 Å². The molecule has 134 valence electrons. The predicted molar refractivity (Wildman–Crippen MR) is 97.6 cm³/mol. The molecule has 0 radical (unpaired) electrons. The summed E-state index contributed by atoms with van der Waals surface area (Å²) in [6, 6.07) is 12.1. The van der Waals surface area contributed by atoms with E-state index in [4.69, 9.17) is 25.8 Å². The molecule has 0 saturated carbocycles. The molecule has 0 spiro atoms. The van der Waals surface area contributed by atoms with E-state index in [1.165, 1.54) is 0 Å². The molecule has 0 fully saturated rings. The quantitative estimate of drug-likeness (QED) is 0.807. The van der Waals surface area contributed by atoms with Crippen LogP contribution in [-0.4, -0.2) is 26.2 Å². The summed E-state index contributed by atoms with van der Waals surface area (Å²) in [5, 5.41) is 3.54. The van der Waals surface area contributed by atoms with Crippen LogP contribution in [0.5, 0.6) is 17.2 Å². The molecule has 6 heteroatoms. The molecule has 0 aliphatic carbocycles. The first-order valence-electron chi connectivity index (χ1n) is 7.89. The molecule has 0 saturated heterocycles. The van der Waals surface area contributed by atoms with Crippen LogP contribution in [-0.2, 0) is 4.79 Å². The number of methoxy groups -OCH3 is 2. The van der Waals surface area contributed by atoms with Crippen molar-refractivity contribution in [2.24, 2.45) is 0 Å². The van der Waals surface area contributed by atoms with E-state index in [9.17, 15) is 4.79 Å². The van der Waals surface area contributed by atoms with E-state index in [0.717, 1.165) is 5.56 Å². The molecule has 2 rings (SSSR count). The lowest BCUT2D eigenvalue weighted by molar-refractivity contribution is -0.127. The molecule has 0 aliphatic heterocycles. The minimum absolute atomic E-state index is 0.229. The normalized spacial score (nSPS) is 12.8. The first-order valence-corrected chi connectivity index (χ1v) is 8.27. The van der Waals surface area contributed by atoms with Crippen LogP contribution in [0.25, 0.3) is 0 Å². The number of carbonyl (C=O) groups excluding carboxylic acids is 1. The lowest BCUT2D eigenvalue weighted by Crippen LogP contribution is -2.37. The third kappa shape index (κ3) is 5.03. The molecule has 0 unspecified atom stereocenters. The number of nitrogens with one attached hydrogen (secondary N) is 1. The molecule has 1 amide bonds. The van der Waals surface area contributed by atoms with Crippen LogP contribution in [0.2, 0.25) is 5.02 Å². The van der Waals surface area contributed by atoms with Gasteiger partial charge >= 0.3 is 0 Å². The first-order chi connectivity index (χ1) is 11.9. The van der Waals surface area contributed by atoms with Gasteiger partial charge in [-0.3, -0.25) is 4.79 Å². The van der Waals surface area contributed by atoms with E-state index in [-0.39, 0.29) is 11.9 Å². The van der Waals surface area contributed by atoms with Gasteiger partial charge < -0.3 is 19.5 Å². The van der Waals surface area contributed by atoms with E-state index in [1.807, 2.05) is 25.1 Å². The fourth-order valence-corrected chi connectivity index (χ4v) is 2.48. The summed E-state index contributed by atoms with van der Waals surface area (Å²) in [7, 11) is 3.18. The number of rotatable bonds is 7. The van der Waals surface area contributed by atoms with Crippen LogP contribution < -0.4 is 19.5 Å². The van der Waals surface area contributed by atoms with Crippen LogP contribution in [0.3, 0.4) is 0 Å². The highest BCUT2D eigenvalue weighted by atomic mass is 35.5. The van der Waals surface area contributed by atoms with Crippen molar-refractivity contribution in [3.8, 4) is 17.2 Å². The third-order valence-corrected chi connectivity index (χ3v) is 4.01. The Morgan fingerprint density at radius 1 is 1.00 bits per heavy atom. The van der Waals surface area contributed by atoms with Crippen molar-refractivity contribution in [2.45, 2.75) is 26.0 Å². The highest BCUT2D eigenvalue weighted by molar-refractivity contribution is 6.30. The summed E-state index contributed by atoms with van der Waals surface area (Å²) < 4.78 is 16.2. The largest absolute Gasteiger partial charge is 0.497 e. The van der Waals surface area contributed by atoms with Crippen molar-refractivity contribution in [1.29, 1.82) is 0 Å². The maximum absolute atomic E-state index is 12.4. The Bertz CT molecular complexity index is 718. The van der Waals surface area contributed by atoms with Gasteiger partial charge in [-0.25, -0.2) is 0 Å². The van der Waals surface area contributed by atoms with Gasteiger partial charge in [0.05, 0.1) is 20.3 Å². The number of halogens is 1. The standard InChI is InChI=1S/C19H22ClNO4/c1-12(17-11-16(23-3)9-10-18(17)24-4)21-19(22)13(2)25-15-7-5-14(20)6-8-15/h5-13H,1-4H3,(H,21,22)/t12-,13-/m1/s1. The minimum atomic E-state index is -0.653. The van der Waals surface area contributed by atoms with Gasteiger partial charge in [-0.15, -0.1) is 0 Å². The van der Waals surface area contributed by atoms with Gasteiger partial charge in [-0.05, 0) is 56.3 Å². The van der Waals surface area contributed by atoms with Crippen molar-refractivity contribution in [2.75, 3.05) is 14.2 Å². The Labute approximate surface area is 152 Å². The van der Waals surface area contributed by atoms with E-state index >= 15 is 0 Å². The van der Waals surface area contributed by atoms with E-state index in [0.29, 0.717) is 22.3 Å². The molecule has 2 atom stereocenters. The molecular weight excluding hydrogens is 342 g/mol. The van der Waals surface area contributed by atoms with E-state index in [1.54, 1.807) is 45.4 Å². The van der Waals surface area contributed by atoms with Gasteiger partial charge in [0.25, 0.3) is 5.91 Å². The second-order valence-electron chi connectivity index (χ2n) is 5.55. The van der Waals surface area contributed by atoms with Gasteiger partial charge in [-0.1, -0.05) is 11.6 Å². The molecule has 0 bridgehead atoms. The first kappa shape index (κ1) is 18.9. The van der Waals surface area contributed by atoms with E-state index < -0.39 is 6.10 Å². The highest BCUT2D eigenvalue weighted by Gasteiger charge is 2.20. The van der Waals surface area contributed by atoms with Gasteiger partial charge in [0.1, 0.15) is 17.2 Å². The van der Waals surface area contributed by atoms with Crippen LogP contribution >= 0.6 is 11.6 Å². The lowest BCUT2D eigenvalue weighted by Gasteiger charge is -2.21. The topological polar surface area (TPSA) is 56.8 Å². The molecule has 0 aromatic heterocycles. The second-order valence-corrected chi connectivity index (χ2v) is 5.99. The average molecular weight is 364 g/mol. The molecule has 1 N–H and O–H groups in total. The number of amides is 1. The SMILES string of the molecule is COc1ccc(OC)c([C@@H](C)NC(=O)[C@@H](C)Oc2ccc(Cl)cc2)c1. The van der Waals surface area contributed by atoms with Crippen molar-refractivity contribution < 1.29 is 19.0 Å². The number of carbonyl (C=O) groups is 1. The van der Waals surface area contributed by atoms with Gasteiger partial charge in [0.2, 0.25) is 0 Å². The average Bonchev–Trinajstić information content (AvgIpc) is 2.62. The zero-order valence-corrected chi connectivity index (χ0v) is 15.5. The highest BCUT2D eigenvalue weighted by Crippen LogP contribution is 2.29. The van der Waals surface area contributed by atoms with Crippen molar-refractivity contribution in [3.05, 3.63) is 53.1 Å². The molecule has 2 aromatic rings. The van der Waals surface area contributed by atoms with Crippen LogP contribution in [0, 0.1) is 0 Å². The number of hydrogen-bond acceptors (Lipinski definition) is 4. The summed E-state index contributed by atoms with van der Waals surface area (Å²) in [6.07, 6.45) is -0.653. The fraction of sp³-hybridized carbons (Fsp3) is 0.316. The zero-order valence-electron chi connectivity index (χ0n) is 14.7. The Morgan fingerprint density at radius 2 is 1.64 bits per heavy atom. The smallest absolute Gasteiger partial charge is 0.261 e. The number of hydrogen-bond donors (Lipinski definition) is 1. The Kier molecular flexibility index (Phi) is 6.53. The molecule has 25 heavy (non-hydrogen) atoms. The van der Waals surface area contributed by atoms with Crippen molar-refractivity contribution >= 4 is 17.5 Å². The van der Waals surface area contributed by atoms with Crippen LogP contribution in [0.1, 0.15) is 25.5 Å². The van der Waals surface area contributed by atoms with Gasteiger partial charge in [-0.2, -0.15) is 0 Å². The zero-order chi connectivity index (χ0) is 18.4. The Balaban J connectivity index is 2.05. The molecule has 0 aliphatic rings. The molecule has 2 aromatic carbocycles. The summed E-state index contributed by atoms with van der Waals surface area (Å²) in [6.45, 7) is 3.57. The second kappa shape index (κ2) is 8.62. The fourth-order valence-electron chi connectivity index (χ4n) is 2.36. The summed E-state index contributed by atoms with van der Waals surface area (Å²) in [5.74, 6) is 1.73. The van der Waals surface area contributed by atoms with Crippen LogP contribution in [0.4, 0.5) is 0 Å². The van der Waals surface area contributed by atoms with Crippen molar-refractivity contribution in [3.63, 3.8) is 0 Å². The molecular formula is C19H22ClNO4. The number of benzene rings is 2. The van der Waals surface area contributed by atoms with Crippen molar-refractivity contribution in [1.82, 2.24) is 5.32 Å².